The van der Waals surface area contributed by atoms with Crippen LogP contribution in [0.15, 0.2) is 22.7 Å². The Hall–Kier alpha value is -0.580. The summed E-state index contributed by atoms with van der Waals surface area (Å²) in [6.45, 7) is 1.45. The molecule has 0 aliphatic carbocycles. The minimum Gasteiger partial charge on any atom is -0.480 e. The first-order valence-corrected chi connectivity index (χ1v) is 6.66. The lowest BCUT2D eigenvalue weighted by molar-refractivity contribution is -0.142. The van der Waals surface area contributed by atoms with Crippen LogP contribution in [0.1, 0.15) is 18.4 Å². The number of hydrogen-bond acceptors (Lipinski definition) is 2. The van der Waals surface area contributed by atoms with Gasteiger partial charge in [-0.1, -0.05) is 27.5 Å². The molecule has 92 valence electrons. The van der Waals surface area contributed by atoms with E-state index >= 15 is 0 Å². The smallest absolute Gasteiger partial charge is 0.320 e. The van der Waals surface area contributed by atoms with Gasteiger partial charge in [0.05, 0.1) is 0 Å². The van der Waals surface area contributed by atoms with E-state index in [0.717, 1.165) is 29.4 Å². The summed E-state index contributed by atoms with van der Waals surface area (Å²) >= 11 is 9.41. The highest BCUT2D eigenvalue weighted by molar-refractivity contribution is 9.10. The normalized spacial score (nSPS) is 20.7. The summed E-state index contributed by atoms with van der Waals surface area (Å²) < 4.78 is 0.970. The minimum absolute atomic E-state index is 0.360. The number of carboxylic acid groups (broad SMARTS) is 1. The van der Waals surface area contributed by atoms with Crippen LogP contribution in [0.2, 0.25) is 5.02 Å². The van der Waals surface area contributed by atoms with Crippen molar-refractivity contribution in [2.45, 2.75) is 25.4 Å². The molecule has 3 nitrogen and oxygen atoms in total. The minimum atomic E-state index is -0.736. The molecule has 0 bridgehead atoms. The second-order valence-corrected chi connectivity index (χ2v) is 5.49. The fourth-order valence-electron chi connectivity index (χ4n) is 2.18. The molecule has 0 spiro atoms. The fraction of sp³-hybridized carbons (Fsp3) is 0.417. The molecule has 0 radical (unpaired) electrons. The molecule has 1 fully saturated rings. The molecule has 5 heteroatoms. The Kier molecular flexibility index (Phi) is 4.07. The number of aliphatic carboxylic acids is 1. The highest BCUT2D eigenvalue weighted by Gasteiger charge is 2.30. The Morgan fingerprint density at radius 3 is 3.06 bits per heavy atom. The third-order valence-electron chi connectivity index (χ3n) is 3.03. The largest absolute Gasteiger partial charge is 0.480 e. The van der Waals surface area contributed by atoms with E-state index in [1.807, 2.05) is 23.1 Å². The molecule has 1 atom stereocenters. The van der Waals surface area contributed by atoms with Gasteiger partial charge in [0.2, 0.25) is 0 Å². The second kappa shape index (κ2) is 5.38. The number of rotatable bonds is 3. The number of nitrogens with zero attached hydrogens (tertiary/aromatic N) is 1. The van der Waals surface area contributed by atoms with Crippen LogP contribution in [-0.2, 0) is 11.3 Å². The predicted octanol–water partition coefficient (Wildman–Crippen LogP) is 3.15. The maximum Gasteiger partial charge on any atom is 0.320 e. The predicted molar refractivity (Wildman–Crippen MR) is 70.2 cm³/mol. The van der Waals surface area contributed by atoms with Gasteiger partial charge in [-0.3, -0.25) is 9.69 Å². The van der Waals surface area contributed by atoms with Gasteiger partial charge in [-0.15, -0.1) is 0 Å². The quantitative estimate of drug-likeness (QED) is 0.930. The molecule has 1 N–H and O–H groups in total. The lowest BCUT2D eigenvalue weighted by atomic mass is 10.2. The summed E-state index contributed by atoms with van der Waals surface area (Å²) in [5.41, 5.74) is 1.03. The number of likely N-dealkylation sites (tertiary alicyclic amines) is 1. The van der Waals surface area contributed by atoms with Crippen molar-refractivity contribution in [2.24, 2.45) is 0 Å². The first-order chi connectivity index (χ1) is 8.08. The average Bonchev–Trinajstić information content (AvgIpc) is 2.71. The van der Waals surface area contributed by atoms with Gasteiger partial charge in [0, 0.05) is 16.0 Å². The van der Waals surface area contributed by atoms with E-state index in [4.69, 9.17) is 16.7 Å². The van der Waals surface area contributed by atoms with E-state index in [1.54, 1.807) is 0 Å². The van der Waals surface area contributed by atoms with Crippen molar-refractivity contribution in [1.29, 1.82) is 0 Å². The lowest BCUT2D eigenvalue weighted by Crippen LogP contribution is -2.35. The van der Waals surface area contributed by atoms with Crippen LogP contribution >= 0.6 is 27.5 Å². The zero-order chi connectivity index (χ0) is 12.4. The maximum atomic E-state index is 11.1. The molecule has 0 saturated carbocycles. The SMILES string of the molecule is O=C(O)[C@H]1CCCN1Cc1cc(Cl)ccc1Br. The number of carboxylic acids is 1. The first-order valence-electron chi connectivity index (χ1n) is 5.48. The van der Waals surface area contributed by atoms with Crippen LogP contribution in [0.3, 0.4) is 0 Å². The van der Waals surface area contributed by atoms with Gasteiger partial charge in [-0.25, -0.2) is 0 Å². The molecule has 17 heavy (non-hydrogen) atoms. The molecule has 1 saturated heterocycles. The molecule has 0 aromatic heterocycles. The zero-order valence-corrected chi connectivity index (χ0v) is 11.5. The molecule has 0 amide bonds. The van der Waals surface area contributed by atoms with E-state index in [9.17, 15) is 4.79 Å². The Morgan fingerprint density at radius 1 is 1.59 bits per heavy atom. The molecular weight excluding hydrogens is 305 g/mol. The molecule has 1 aromatic rings. The molecule has 1 heterocycles. The Balaban J connectivity index is 2.15. The number of carbonyl (C=O) groups is 1. The number of halogens is 2. The molecule has 2 rings (SSSR count). The Labute approximate surface area is 114 Å². The van der Waals surface area contributed by atoms with Gasteiger partial charge in [-0.05, 0) is 43.1 Å². The molecule has 0 unspecified atom stereocenters. The van der Waals surface area contributed by atoms with Crippen molar-refractivity contribution in [3.63, 3.8) is 0 Å². The highest BCUT2D eigenvalue weighted by atomic mass is 79.9. The van der Waals surface area contributed by atoms with Crippen molar-refractivity contribution in [3.05, 3.63) is 33.3 Å². The number of benzene rings is 1. The first kappa shape index (κ1) is 12.9. The molecular formula is C12H13BrClNO2. The third kappa shape index (κ3) is 3.00. The summed E-state index contributed by atoms with van der Waals surface area (Å²) in [5.74, 6) is -0.736. The number of hydrogen-bond donors (Lipinski definition) is 1. The summed E-state index contributed by atoms with van der Waals surface area (Å²) in [4.78, 5) is 13.1. The van der Waals surface area contributed by atoms with Crippen LogP contribution in [0, 0.1) is 0 Å². The standard InChI is InChI=1S/C12H13BrClNO2/c13-10-4-3-9(14)6-8(10)7-15-5-1-2-11(15)12(16)17/h3-4,6,11H,1-2,5,7H2,(H,16,17)/t11-/m1/s1. The maximum absolute atomic E-state index is 11.1. The molecule has 1 aromatic carbocycles. The van der Waals surface area contributed by atoms with Crippen LogP contribution in [-0.4, -0.2) is 28.6 Å². The van der Waals surface area contributed by atoms with E-state index in [0.29, 0.717) is 11.6 Å². The van der Waals surface area contributed by atoms with Crippen molar-refractivity contribution < 1.29 is 9.90 Å². The van der Waals surface area contributed by atoms with Crippen LogP contribution < -0.4 is 0 Å². The summed E-state index contributed by atoms with van der Waals surface area (Å²) in [7, 11) is 0. The van der Waals surface area contributed by atoms with Gasteiger partial charge in [0.1, 0.15) is 6.04 Å². The van der Waals surface area contributed by atoms with Crippen LogP contribution in [0.25, 0.3) is 0 Å². The van der Waals surface area contributed by atoms with E-state index in [2.05, 4.69) is 15.9 Å². The Bertz CT molecular complexity index is 439. The highest BCUT2D eigenvalue weighted by Crippen LogP contribution is 2.26. The van der Waals surface area contributed by atoms with Crippen molar-refractivity contribution in [1.82, 2.24) is 4.90 Å². The van der Waals surface area contributed by atoms with Gasteiger partial charge in [-0.2, -0.15) is 0 Å². The second-order valence-electron chi connectivity index (χ2n) is 4.20. The zero-order valence-electron chi connectivity index (χ0n) is 9.20. The average molecular weight is 319 g/mol. The molecule has 1 aliphatic rings. The van der Waals surface area contributed by atoms with Crippen LogP contribution in [0.4, 0.5) is 0 Å². The van der Waals surface area contributed by atoms with Crippen molar-refractivity contribution in [2.75, 3.05) is 6.54 Å². The summed E-state index contributed by atoms with van der Waals surface area (Å²) in [6, 6.07) is 5.22. The van der Waals surface area contributed by atoms with Crippen molar-refractivity contribution >= 4 is 33.5 Å². The van der Waals surface area contributed by atoms with Gasteiger partial charge < -0.3 is 5.11 Å². The monoisotopic (exact) mass is 317 g/mol. The molecule has 1 aliphatic heterocycles. The van der Waals surface area contributed by atoms with Crippen LogP contribution in [0.5, 0.6) is 0 Å². The van der Waals surface area contributed by atoms with Gasteiger partial charge in [0.15, 0.2) is 0 Å². The van der Waals surface area contributed by atoms with Gasteiger partial charge in [0.25, 0.3) is 0 Å². The van der Waals surface area contributed by atoms with E-state index < -0.39 is 5.97 Å². The third-order valence-corrected chi connectivity index (χ3v) is 4.04. The van der Waals surface area contributed by atoms with Gasteiger partial charge >= 0.3 is 5.97 Å². The van der Waals surface area contributed by atoms with Crippen molar-refractivity contribution in [3.8, 4) is 0 Å². The summed E-state index contributed by atoms with van der Waals surface area (Å²) in [5, 5.41) is 9.78. The van der Waals surface area contributed by atoms with E-state index in [-0.39, 0.29) is 6.04 Å². The topological polar surface area (TPSA) is 40.5 Å². The van der Waals surface area contributed by atoms with E-state index in [1.165, 1.54) is 0 Å². The fourth-order valence-corrected chi connectivity index (χ4v) is 2.75. The summed E-state index contributed by atoms with van der Waals surface area (Å²) in [6.07, 6.45) is 1.67. The lowest BCUT2D eigenvalue weighted by Gasteiger charge is -2.21. The Morgan fingerprint density at radius 2 is 2.35 bits per heavy atom.